The topological polar surface area (TPSA) is 22.9 Å². The van der Waals surface area contributed by atoms with Gasteiger partial charge in [0, 0.05) is 5.92 Å². The number of quaternary nitrogens is 1. The van der Waals surface area contributed by atoms with Gasteiger partial charge in [0.2, 0.25) is 0 Å². The lowest BCUT2D eigenvalue weighted by Crippen LogP contribution is -3.13. The third-order valence-electron chi connectivity index (χ3n) is 3.70. The van der Waals surface area contributed by atoms with Crippen molar-refractivity contribution >= 4 is 0 Å². The fourth-order valence-corrected chi connectivity index (χ4v) is 2.65. The number of hydrogen-bond donors (Lipinski definition) is 1. The number of piperidine rings is 1. The van der Waals surface area contributed by atoms with E-state index in [4.69, 9.17) is 9.47 Å². The average Bonchev–Trinajstić information content (AvgIpc) is 2.47. The van der Waals surface area contributed by atoms with Gasteiger partial charge < -0.3 is 14.4 Å². The highest BCUT2D eigenvalue weighted by Crippen LogP contribution is 2.25. The quantitative estimate of drug-likeness (QED) is 0.839. The SMILES string of the molecule is COc1ccccc1OCC#CC[NH+]1CCC[C@@H](C)C1. The maximum atomic E-state index is 5.63. The second-order valence-electron chi connectivity index (χ2n) is 5.42. The maximum absolute atomic E-state index is 5.63. The largest absolute Gasteiger partial charge is 0.493 e. The zero-order valence-corrected chi connectivity index (χ0v) is 12.4. The van der Waals surface area contributed by atoms with Gasteiger partial charge in [0.05, 0.1) is 20.2 Å². The summed E-state index contributed by atoms with van der Waals surface area (Å²) in [5.74, 6) is 8.67. The van der Waals surface area contributed by atoms with Crippen LogP contribution in [0, 0.1) is 17.8 Å². The molecule has 1 aromatic rings. The van der Waals surface area contributed by atoms with Gasteiger partial charge in [-0.3, -0.25) is 0 Å². The fraction of sp³-hybridized carbons (Fsp3) is 0.529. The van der Waals surface area contributed by atoms with E-state index in [9.17, 15) is 0 Å². The van der Waals surface area contributed by atoms with E-state index in [2.05, 4.69) is 18.8 Å². The van der Waals surface area contributed by atoms with Gasteiger partial charge in [-0.2, -0.15) is 0 Å². The Balaban J connectivity index is 1.74. The van der Waals surface area contributed by atoms with Crippen LogP contribution in [0.25, 0.3) is 0 Å². The summed E-state index contributed by atoms with van der Waals surface area (Å²) in [7, 11) is 1.65. The Morgan fingerprint density at radius 1 is 1.25 bits per heavy atom. The summed E-state index contributed by atoms with van der Waals surface area (Å²) < 4.78 is 10.9. The first-order valence-corrected chi connectivity index (χ1v) is 7.34. The molecule has 1 N–H and O–H groups in total. The predicted octanol–water partition coefficient (Wildman–Crippen LogP) is 1.39. The van der Waals surface area contributed by atoms with Gasteiger partial charge in [0.15, 0.2) is 11.5 Å². The fourth-order valence-electron chi connectivity index (χ4n) is 2.65. The molecule has 0 bridgehead atoms. The lowest BCUT2D eigenvalue weighted by atomic mass is 10.0. The molecule has 1 fully saturated rings. The van der Waals surface area contributed by atoms with Crippen molar-refractivity contribution in [2.24, 2.45) is 5.92 Å². The molecule has 1 aromatic carbocycles. The van der Waals surface area contributed by atoms with Gasteiger partial charge in [0.1, 0.15) is 13.2 Å². The molecule has 3 heteroatoms. The number of ether oxygens (including phenoxy) is 2. The van der Waals surface area contributed by atoms with Crippen LogP contribution >= 0.6 is 0 Å². The molecule has 0 amide bonds. The van der Waals surface area contributed by atoms with E-state index >= 15 is 0 Å². The maximum Gasteiger partial charge on any atom is 0.162 e. The highest BCUT2D eigenvalue weighted by Gasteiger charge is 2.17. The molecule has 0 aromatic heterocycles. The molecule has 1 unspecified atom stereocenters. The summed E-state index contributed by atoms with van der Waals surface area (Å²) in [4.78, 5) is 1.61. The minimum Gasteiger partial charge on any atom is -0.493 e. The van der Waals surface area contributed by atoms with Gasteiger partial charge in [0.25, 0.3) is 0 Å². The Morgan fingerprint density at radius 3 is 2.80 bits per heavy atom. The molecule has 0 aliphatic carbocycles. The van der Waals surface area contributed by atoms with Crippen molar-refractivity contribution in [2.45, 2.75) is 19.8 Å². The molecule has 2 atom stereocenters. The summed E-state index contributed by atoms with van der Waals surface area (Å²) in [6, 6.07) is 7.66. The zero-order valence-electron chi connectivity index (χ0n) is 12.4. The van der Waals surface area contributed by atoms with Crippen molar-refractivity contribution in [3.05, 3.63) is 24.3 Å². The molecule has 0 saturated carbocycles. The molecule has 0 spiro atoms. The molecule has 1 saturated heterocycles. The molecule has 1 heterocycles. The molecule has 1 aliphatic heterocycles. The highest BCUT2D eigenvalue weighted by molar-refractivity contribution is 5.39. The number of hydrogen-bond acceptors (Lipinski definition) is 2. The minimum atomic E-state index is 0.420. The summed E-state index contributed by atoms with van der Waals surface area (Å²) in [6.07, 6.45) is 2.70. The molecule has 3 nitrogen and oxygen atoms in total. The monoisotopic (exact) mass is 274 g/mol. The van der Waals surface area contributed by atoms with E-state index in [0.717, 1.165) is 24.0 Å². The lowest BCUT2D eigenvalue weighted by molar-refractivity contribution is -0.901. The van der Waals surface area contributed by atoms with Crippen molar-refractivity contribution in [3.63, 3.8) is 0 Å². The van der Waals surface area contributed by atoms with Gasteiger partial charge in [-0.15, -0.1) is 0 Å². The number of rotatable bonds is 4. The molecule has 20 heavy (non-hydrogen) atoms. The zero-order chi connectivity index (χ0) is 14.2. The second-order valence-corrected chi connectivity index (χ2v) is 5.42. The summed E-state index contributed by atoms with van der Waals surface area (Å²) >= 11 is 0. The van der Waals surface area contributed by atoms with Crippen LogP contribution in [0.15, 0.2) is 24.3 Å². The Bertz CT molecular complexity index is 475. The second kappa shape index (κ2) is 7.81. The van der Waals surface area contributed by atoms with Gasteiger partial charge in [-0.25, -0.2) is 0 Å². The van der Waals surface area contributed by atoms with Crippen LogP contribution in [-0.4, -0.2) is 33.4 Å². The van der Waals surface area contributed by atoms with Crippen LogP contribution in [0.3, 0.4) is 0 Å². The number of nitrogens with one attached hydrogen (secondary N) is 1. The van der Waals surface area contributed by atoms with E-state index in [0.29, 0.717) is 6.61 Å². The average molecular weight is 274 g/mol. The summed E-state index contributed by atoms with van der Waals surface area (Å²) in [5.41, 5.74) is 0. The number of likely N-dealkylation sites (tertiary alicyclic amines) is 1. The van der Waals surface area contributed by atoms with Crippen molar-refractivity contribution < 1.29 is 14.4 Å². The lowest BCUT2D eigenvalue weighted by Gasteiger charge is -2.26. The Labute approximate surface area is 121 Å². The summed E-state index contributed by atoms with van der Waals surface area (Å²) in [5, 5.41) is 0. The van der Waals surface area contributed by atoms with E-state index < -0.39 is 0 Å². The van der Waals surface area contributed by atoms with Crippen LogP contribution in [0.2, 0.25) is 0 Å². The van der Waals surface area contributed by atoms with E-state index in [1.165, 1.54) is 25.9 Å². The van der Waals surface area contributed by atoms with Crippen LogP contribution in [0.1, 0.15) is 19.8 Å². The third kappa shape index (κ3) is 4.47. The van der Waals surface area contributed by atoms with Gasteiger partial charge in [-0.1, -0.05) is 25.0 Å². The Hall–Kier alpha value is -1.66. The standard InChI is InChI=1S/C17H23NO2/c1-15-8-7-12-18(14-15)11-5-6-13-20-17-10-4-3-9-16(17)19-2/h3-4,9-10,15H,7-8,11-14H2,1-2H3/p+1/t15-/m1/s1. The number of benzene rings is 1. The van der Waals surface area contributed by atoms with Crippen molar-refractivity contribution in [3.8, 4) is 23.3 Å². The smallest absolute Gasteiger partial charge is 0.162 e. The molecule has 0 radical (unpaired) electrons. The third-order valence-corrected chi connectivity index (χ3v) is 3.70. The molecular formula is C17H24NO2+. The first-order chi connectivity index (χ1) is 9.79. The van der Waals surface area contributed by atoms with Gasteiger partial charge >= 0.3 is 0 Å². The van der Waals surface area contributed by atoms with E-state index in [-0.39, 0.29) is 0 Å². The molecular weight excluding hydrogens is 250 g/mol. The molecule has 108 valence electrons. The minimum absolute atomic E-state index is 0.420. The van der Waals surface area contributed by atoms with E-state index in [1.807, 2.05) is 24.3 Å². The van der Waals surface area contributed by atoms with Crippen LogP contribution in [-0.2, 0) is 0 Å². The van der Waals surface area contributed by atoms with Crippen molar-refractivity contribution in [2.75, 3.05) is 33.4 Å². The normalized spacial score (nSPS) is 21.7. The Morgan fingerprint density at radius 2 is 2.05 bits per heavy atom. The highest BCUT2D eigenvalue weighted by atomic mass is 16.5. The van der Waals surface area contributed by atoms with Crippen molar-refractivity contribution in [1.82, 2.24) is 0 Å². The first-order valence-electron chi connectivity index (χ1n) is 7.34. The first kappa shape index (κ1) is 14.7. The van der Waals surface area contributed by atoms with Crippen molar-refractivity contribution in [1.29, 1.82) is 0 Å². The summed E-state index contributed by atoms with van der Waals surface area (Å²) in [6.45, 7) is 6.19. The van der Waals surface area contributed by atoms with Crippen LogP contribution < -0.4 is 14.4 Å². The molecule has 1 aliphatic rings. The van der Waals surface area contributed by atoms with E-state index in [1.54, 1.807) is 12.0 Å². The Kier molecular flexibility index (Phi) is 5.76. The number of para-hydroxylation sites is 2. The molecule has 2 rings (SSSR count). The van der Waals surface area contributed by atoms with Crippen LogP contribution in [0.5, 0.6) is 11.5 Å². The predicted molar refractivity (Wildman–Crippen MR) is 80.2 cm³/mol. The van der Waals surface area contributed by atoms with Gasteiger partial charge in [-0.05, 0) is 30.9 Å². The number of methoxy groups -OCH3 is 1. The van der Waals surface area contributed by atoms with Crippen LogP contribution in [0.4, 0.5) is 0 Å².